The van der Waals surface area contributed by atoms with Crippen molar-refractivity contribution in [2.24, 2.45) is 0 Å². The molecule has 10 heteroatoms. The number of anilines is 1. The predicted octanol–water partition coefficient (Wildman–Crippen LogP) is 0.618. The van der Waals surface area contributed by atoms with Crippen LogP contribution in [-0.4, -0.2) is 65.9 Å². The summed E-state index contributed by atoms with van der Waals surface area (Å²) in [5.74, 6) is -1.57. The molecule has 3 amide bonds. The highest BCUT2D eigenvalue weighted by Crippen LogP contribution is 2.22. The number of hydroxylamine groups is 1. The quantitative estimate of drug-likeness (QED) is 0.199. The van der Waals surface area contributed by atoms with Gasteiger partial charge in [-0.3, -0.25) is 19.6 Å². The van der Waals surface area contributed by atoms with Gasteiger partial charge in [0, 0.05) is 23.8 Å². The number of nitrogens with one attached hydrogen (secondary N) is 5. The number of carbonyl (C=O) groups is 3. The molecule has 1 saturated heterocycles. The lowest BCUT2D eigenvalue weighted by atomic mass is 10.0. The second kappa shape index (κ2) is 12.2. The van der Waals surface area contributed by atoms with Gasteiger partial charge in [-0.1, -0.05) is 24.3 Å². The fraction of sp³-hybridized carbons (Fsp3) is 0.375. The Kier molecular flexibility index (Phi) is 9.11. The standard InChI is InChI=1S/C24H31N5O5/c1-15(30)22(24(33)29-34)28-23(32)18-6-4-16(5-7-18)17-8-10-19(11-9-17)27-21(31)14-25-13-20-3-2-12-26-20/h4-11,15,20,22,25-26,30,34H,2-3,12-14H2,1H3,(H,27,31)(H,28,32)(H,29,33)/t15-,20?,22+/m1/s1. The molecule has 10 nitrogen and oxygen atoms in total. The van der Waals surface area contributed by atoms with Crippen LogP contribution in [0.4, 0.5) is 5.69 Å². The lowest BCUT2D eigenvalue weighted by molar-refractivity contribution is -0.133. The SMILES string of the molecule is C[C@@H](O)[C@H](NC(=O)c1ccc(-c2ccc(NC(=O)CNCC3CCCN3)cc2)cc1)C(=O)NO. The number of carbonyl (C=O) groups excluding carboxylic acids is 3. The summed E-state index contributed by atoms with van der Waals surface area (Å²) in [7, 11) is 0. The Hall–Kier alpha value is -3.31. The molecule has 1 fully saturated rings. The first-order chi connectivity index (χ1) is 16.4. The molecule has 0 aliphatic carbocycles. The predicted molar refractivity (Wildman–Crippen MR) is 127 cm³/mol. The molecular formula is C24H31N5O5. The van der Waals surface area contributed by atoms with E-state index in [0.717, 1.165) is 30.6 Å². The Balaban J connectivity index is 1.52. The van der Waals surface area contributed by atoms with Crippen LogP contribution in [0.25, 0.3) is 11.1 Å². The van der Waals surface area contributed by atoms with Gasteiger partial charge in [-0.2, -0.15) is 0 Å². The molecule has 34 heavy (non-hydrogen) atoms. The smallest absolute Gasteiger partial charge is 0.268 e. The summed E-state index contributed by atoms with van der Waals surface area (Å²) in [5.41, 5.74) is 4.17. The van der Waals surface area contributed by atoms with Gasteiger partial charge in [0.25, 0.3) is 11.8 Å². The van der Waals surface area contributed by atoms with Crippen LogP contribution in [0.5, 0.6) is 0 Å². The van der Waals surface area contributed by atoms with E-state index in [2.05, 4.69) is 21.3 Å². The largest absolute Gasteiger partial charge is 0.391 e. The van der Waals surface area contributed by atoms with Crippen molar-refractivity contribution in [2.75, 3.05) is 25.0 Å². The first-order valence-corrected chi connectivity index (χ1v) is 11.2. The first kappa shape index (κ1) is 25.3. The Morgan fingerprint density at radius 2 is 1.71 bits per heavy atom. The normalized spacial score (nSPS) is 17.0. The molecule has 1 unspecified atom stereocenters. The molecule has 0 aromatic heterocycles. The third-order valence-electron chi connectivity index (χ3n) is 5.65. The van der Waals surface area contributed by atoms with Crippen LogP contribution in [0.15, 0.2) is 48.5 Å². The molecule has 3 rings (SSSR count). The molecule has 1 aliphatic heterocycles. The Bertz CT molecular complexity index is 972. The van der Waals surface area contributed by atoms with E-state index in [0.29, 0.717) is 17.3 Å². The maximum Gasteiger partial charge on any atom is 0.268 e. The molecule has 2 aromatic carbocycles. The Morgan fingerprint density at radius 3 is 2.26 bits per heavy atom. The molecule has 3 atom stereocenters. The Labute approximate surface area is 198 Å². The van der Waals surface area contributed by atoms with E-state index >= 15 is 0 Å². The van der Waals surface area contributed by atoms with Crippen LogP contribution in [0, 0.1) is 0 Å². The van der Waals surface area contributed by atoms with Crippen LogP contribution >= 0.6 is 0 Å². The average Bonchev–Trinajstić information content (AvgIpc) is 3.36. The lowest BCUT2D eigenvalue weighted by Gasteiger charge is -2.19. The number of amides is 3. The highest BCUT2D eigenvalue weighted by molar-refractivity contribution is 5.98. The summed E-state index contributed by atoms with van der Waals surface area (Å²) >= 11 is 0. The van der Waals surface area contributed by atoms with Gasteiger partial charge in [0.2, 0.25) is 5.91 Å². The Morgan fingerprint density at radius 1 is 1.06 bits per heavy atom. The molecule has 0 spiro atoms. The molecule has 0 saturated carbocycles. The van der Waals surface area contributed by atoms with Crippen LogP contribution in [0.3, 0.4) is 0 Å². The van der Waals surface area contributed by atoms with Gasteiger partial charge in [-0.15, -0.1) is 0 Å². The zero-order valence-corrected chi connectivity index (χ0v) is 19.0. The summed E-state index contributed by atoms with van der Waals surface area (Å²) in [5, 5.41) is 30.2. The molecule has 2 aromatic rings. The van der Waals surface area contributed by atoms with Crippen molar-refractivity contribution in [3.05, 3.63) is 54.1 Å². The fourth-order valence-corrected chi connectivity index (χ4v) is 3.76. The molecule has 182 valence electrons. The van der Waals surface area contributed by atoms with Crippen LogP contribution in [0.2, 0.25) is 0 Å². The van der Waals surface area contributed by atoms with Crippen molar-refractivity contribution in [1.29, 1.82) is 0 Å². The first-order valence-electron chi connectivity index (χ1n) is 11.2. The average molecular weight is 470 g/mol. The molecule has 7 N–H and O–H groups in total. The van der Waals surface area contributed by atoms with Gasteiger partial charge in [0.05, 0.1) is 12.6 Å². The number of aliphatic hydroxyl groups is 1. The zero-order chi connectivity index (χ0) is 24.5. The second-order valence-electron chi connectivity index (χ2n) is 8.29. The number of hydrogen-bond acceptors (Lipinski definition) is 7. The maximum absolute atomic E-state index is 12.4. The molecule has 0 bridgehead atoms. The second-order valence-corrected chi connectivity index (χ2v) is 8.29. The summed E-state index contributed by atoms with van der Waals surface area (Å²) in [6.07, 6.45) is 1.12. The van der Waals surface area contributed by atoms with Gasteiger partial charge < -0.3 is 26.4 Å². The van der Waals surface area contributed by atoms with Crippen LogP contribution < -0.4 is 26.7 Å². The monoisotopic (exact) mass is 469 g/mol. The summed E-state index contributed by atoms with van der Waals surface area (Å²) in [6.45, 7) is 3.39. The van der Waals surface area contributed by atoms with E-state index in [1.165, 1.54) is 18.8 Å². The minimum atomic E-state index is -1.28. The van der Waals surface area contributed by atoms with Crippen molar-refractivity contribution in [1.82, 2.24) is 21.4 Å². The molecule has 0 radical (unpaired) electrons. The maximum atomic E-state index is 12.4. The van der Waals surface area contributed by atoms with E-state index in [9.17, 15) is 19.5 Å². The fourth-order valence-electron chi connectivity index (χ4n) is 3.76. The van der Waals surface area contributed by atoms with E-state index < -0.39 is 24.0 Å². The molecule has 1 aliphatic rings. The van der Waals surface area contributed by atoms with Gasteiger partial charge >= 0.3 is 0 Å². The summed E-state index contributed by atoms with van der Waals surface area (Å²) in [6, 6.07) is 13.2. The topological polar surface area (TPSA) is 152 Å². The van der Waals surface area contributed by atoms with Crippen LogP contribution in [-0.2, 0) is 9.59 Å². The van der Waals surface area contributed by atoms with E-state index in [1.54, 1.807) is 24.3 Å². The van der Waals surface area contributed by atoms with Gasteiger partial charge in [0.1, 0.15) is 6.04 Å². The zero-order valence-electron chi connectivity index (χ0n) is 19.0. The van der Waals surface area contributed by atoms with Gasteiger partial charge in [-0.05, 0) is 61.7 Å². The summed E-state index contributed by atoms with van der Waals surface area (Å²) < 4.78 is 0. The lowest BCUT2D eigenvalue weighted by Crippen LogP contribution is -2.51. The highest BCUT2D eigenvalue weighted by atomic mass is 16.5. The summed E-state index contributed by atoms with van der Waals surface area (Å²) in [4.78, 5) is 36.1. The van der Waals surface area contributed by atoms with Crippen molar-refractivity contribution in [3.63, 3.8) is 0 Å². The molecule has 1 heterocycles. The van der Waals surface area contributed by atoms with E-state index in [1.807, 2.05) is 24.3 Å². The third-order valence-corrected chi connectivity index (χ3v) is 5.65. The van der Waals surface area contributed by atoms with Crippen molar-refractivity contribution in [3.8, 4) is 11.1 Å². The van der Waals surface area contributed by atoms with Crippen LogP contribution in [0.1, 0.15) is 30.1 Å². The number of aliphatic hydroxyl groups excluding tert-OH is 1. The van der Waals surface area contributed by atoms with E-state index in [4.69, 9.17) is 5.21 Å². The minimum absolute atomic E-state index is 0.105. The number of rotatable bonds is 10. The number of benzene rings is 2. The molecular weight excluding hydrogens is 438 g/mol. The minimum Gasteiger partial charge on any atom is -0.391 e. The van der Waals surface area contributed by atoms with Gasteiger partial charge in [0.15, 0.2) is 0 Å². The third kappa shape index (κ3) is 7.09. The number of hydrogen-bond donors (Lipinski definition) is 7. The van der Waals surface area contributed by atoms with Crippen molar-refractivity contribution < 1.29 is 24.7 Å². The van der Waals surface area contributed by atoms with E-state index in [-0.39, 0.29) is 12.5 Å². The highest BCUT2D eigenvalue weighted by Gasteiger charge is 2.25. The van der Waals surface area contributed by atoms with Crippen molar-refractivity contribution in [2.45, 2.75) is 38.0 Å². The van der Waals surface area contributed by atoms with Gasteiger partial charge in [-0.25, -0.2) is 5.48 Å². The van der Waals surface area contributed by atoms with Crippen molar-refractivity contribution >= 4 is 23.4 Å².